The van der Waals surface area contributed by atoms with Crippen LogP contribution < -0.4 is 0 Å². The minimum atomic E-state index is 1.03. The fourth-order valence-electron chi connectivity index (χ4n) is 5.64. The molecule has 0 radical (unpaired) electrons. The highest BCUT2D eigenvalue weighted by molar-refractivity contribution is 4.97. The molecule has 6 unspecified atom stereocenters. The fourth-order valence-corrected chi connectivity index (χ4v) is 5.64. The van der Waals surface area contributed by atoms with Crippen molar-refractivity contribution < 1.29 is 0 Å². The maximum absolute atomic E-state index is 2.56. The first-order valence-corrected chi connectivity index (χ1v) is 7.81. The molecule has 0 nitrogen and oxygen atoms in total. The third kappa shape index (κ3) is 1.64. The van der Waals surface area contributed by atoms with Crippen molar-refractivity contribution in [2.45, 2.75) is 65.2 Å². The lowest BCUT2D eigenvalue weighted by Crippen LogP contribution is -2.47. The molecule has 0 bridgehead atoms. The second-order valence-electron chi connectivity index (χ2n) is 6.91. The van der Waals surface area contributed by atoms with Gasteiger partial charge in [-0.3, -0.25) is 0 Å². The molecule has 0 aromatic heterocycles. The van der Waals surface area contributed by atoms with Crippen molar-refractivity contribution in [3.63, 3.8) is 0 Å². The van der Waals surface area contributed by atoms with Crippen LogP contribution in [-0.2, 0) is 0 Å². The summed E-state index contributed by atoms with van der Waals surface area (Å²) in [6.45, 7) is 4.99. The van der Waals surface area contributed by atoms with Crippen LogP contribution in [0.2, 0.25) is 0 Å². The zero-order chi connectivity index (χ0) is 11.1. The van der Waals surface area contributed by atoms with Crippen molar-refractivity contribution in [3.05, 3.63) is 0 Å². The van der Waals surface area contributed by atoms with E-state index < -0.39 is 0 Å². The van der Waals surface area contributed by atoms with Gasteiger partial charge in [0.15, 0.2) is 0 Å². The Balaban J connectivity index is 1.86. The average Bonchev–Trinajstić information content (AvgIpc) is 2.33. The molecule has 0 aliphatic heterocycles. The maximum Gasteiger partial charge on any atom is -0.0324 e. The van der Waals surface area contributed by atoms with Crippen molar-refractivity contribution in [2.24, 2.45) is 35.5 Å². The molecule has 0 aromatic rings. The number of rotatable bonds is 1. The Morgan fingerprint density at radius 3 is 2.19 bits per heavy atom. The molecule has 3 fully saturated rings. The summed E-state index contributed by atoms with van der Waals surface area (Å²) >= 11 is 0. The molecule has 0 spiro atoms. The summed E-state index contributed by atoms with van der Waals surface area (Å²) in [6.07, 6.45) is 12.4. The topological polar surface area (TPSA) is 0 Å². The van der Waals surface area contributed by atoms with Gasteiger partial charge in [-0.1, -0.05) is 46.0 Å². The van der Waals surface area contributed by atoms with E-state index in [0.717, 1.165) is 35.5 Å². The predicted molar refractivity (Wildman–Crippen MR) is 69.2 cm³/mol. The summed E-state index contributed by atoms with van der Waals surface area (Å²) in [5.41, 5.74) is 0. The minimum Gasteiger partial charge on any atom is -0.0651 e. The molecule has 0 N–H and O–H groups in total. The minimum absolute atomic E-state index is 1.03. The van der Waals surface area contributed by atoms with E-state index in [4.69, 9.17) is 0 Å². The predicted octanol–water partition coefficient (Wildman–Crippen LogP) is 4.89. The van der Waals surface area contributed by atoms with E-state index in [1.165, 1.54) is 12.8 Å². The summed E-state index contributed by atoms with van der Waals surface area (Å²) in [5, 5.41) is 0. The Bertz CT molecular complexity index is 232. The third-order valence-corrected chi connectivity index (χ3v) is 6.31. The Morgan fingerprint density at radius 2 is 1.50 bits per heavy atom. The van der Waals surface area contributed by atoms with Crippen molar-refractivity contribution in [1.29, 1.82) is 0 Å². The normalized spacial score (nSPS) is 52.1. The Morgan fingerprint density at radius 1 is 0.812 bits per heavy atom. The van der Waals surface area contributed by atoms with Crippen molar-refractivity contribution in [2.75, 3.05) is 0 Å². The van der Waals surface area contributed by atoms with Crippen LogP contribution in [-0.4, -0.2) is 0 Å². The van der Waals surface area contributed by atoms with E-state index in [9.17, 15) is 0 Å². The van der Waals surface area contributed by atoms with Gasteiger partial charge in [-0.05, 0) is 54.8 Å². The maximum atomic E-state index is 2.56. The van der Waals surface area contributed by atoms with Crippen LogP contribution in [0.15, 0.2) is 0 Å². The highest BCUT2D eigenvalue weighted by Crippen LogP contribution is 2.56. The Kier molecular flexibility index (Phi) is 3.02. The van der Waals surface area contributed by atoms with Gasteiger partial charge in [-0.15, -0.1) is 0 Å². The molecule has 16 heavy (non-hydrogen) atoms. The van der Waals surface area contributed by atoms with Gasteiger partial charge in [-0.2, -0.15) is 0 Å². The molecule has 0 heteroatoms. The zero-order valence-electron chi connectivity index (χ0n) is 11.1. The Hall–Kier alpha value is 0. The average molecular weight is 220 g/mol. The summed E-state index contributed by atoms with van der Waals surface area (Å²) < 4.78 is 0. The third-order valence-electron chi connectivity index (χ3n) is 6.31. The van der Waals surface area contributed by atoms with Crippen LogP contribution >= 0.6 is 0 Å². The molecule has 92 valence electrons. The summed E-state index contributed by atoms with van der Waals surface area (Å²) in [7, 11) is 0. The zero-order valence-corrected chi connectivity index (χ0v) is 11.1. The lowest BCUT2D eigenvalue weighted by molar-refractivity contribution is -0.0524. The van der Waals surface area contributed by atoms with E-state index >= 15 is 0 Å². The van der Waals surface area contributed by atoms with Crippen LogP contribution in [0.5, 0.6) is 0 Å². The number of hydrogen-bond donors (Lipinski definition) is 0. The van der Waals surface area contributed by atoms with Gasteiger partial charge in [0.25, 0.3) is 0 Å². The van der Waals surface area contributed by atoms with Crippen LogP contribution in [0.1, 0.15) is 65.2 Å². The summed E-state index contributed by atoms with van der Waals surface area (Å²) in [4.78, 5) is 0. The molecular weight excluding hydrogens is 192 g/mol. The van der Waals surface area contributed by atoms with Crippen LogP contribution in [0.4, 0.5) is 0 Å². The van der Waals surface area contributed by atoms with Gasteiger partial charge in [-0.25, -0.2) is 0 Å². The van der Waals surface area contributed by atoms with Gasteiger partial charge in [0.05, 0.1) is 0 Å². The molecule has 3 aliphatic carbocycles. The highest BCUT2D eigenvalue weighted by Gasteiger charge is 2.48. The summed E-state index contributed by atoms with van der Waals surface area (Å²) in [5.74, 6) is 6.65. The fraction of sp³-hybridized carbons (Fsp3) is 1.00. The lowest BCUT2D eigenvalue weighted by atomic mass is 9.51. The van der Waals surface area contributed by atoms with E-state index in [-0.39, 0.29) is 0 Å². The second-order valence-corrected chi connectivity index (χ2v) is 6.91. The molecule has 0 aromatic carbocycles. The van der Waals surface area contributed by atoms with Crippen LogP contribution in [0.3, 0.4) is 0 Å². The van der Waals surface area contributed by atoms with Crippen molar-refractivity contribution in [3.8, 4) is 0 Å². The molecule has 0 saturated heterocycles. The molecular formula is C16H28. The van der Waals surface area contributed by atoms with Gasteiger partial charge in [0, 0.05) is 0 Å². The van der Waals surface area contributed by atoms with Crippen molar-refractivity contribution >= 4 is 0 Å². The van der Waals surface area contributed by atoms with Gasteiger partial charge in [0.1, 0.15) is 0 Å². The SMILES string of the molecule is CCC1CCC2CCCC3CCC(C)C1C32. The van der Waals surface area contributed by atoms with Crippen molar-refractivity contribution in [1.82, 2.24) is 0 Å². The molecule has 0 amide bonds. The highest BCUT2D eigenvalue weighted by atomic mass is 14.5. The standard InChI is InChI=1S/C16H28/c1-3-12-9-10-14-6-4-5-13-8-7-11(2)15(12)16(13)14/h11-16H,3-10H2,1-2H3. The van der Waals surface area contributed by atoms with Crippen LogP contribution in [0.25, 0.3) is 0 Å². The molecule has 6 atom stereocenters. The van der Waals surface area contributed by atoms with Gasteiger partial charge in [0.2, 0.25) is 0 Å². The molecule has 3 aliphatic rings. The number of hydrogen-bond acceptors (Lipinski definition) is 0. The first-order valence-electron chi connectivity index (χ1n) is 7.81. The first-order chi connectivity index (χ1) is 7.81. The molecule has 0 heterocycles. The molecule has 3 saturated carbocycles. The van der Waals surface area contributed by atoms with Gasteiger partial charge >= 0.3 is 0 Å². The van der Waals surface area contributed by atoms with Crippen LogP contribution in [0, 0.1) is 35.5 Å². The van der Waals surface area contributed by atoms with E-state index in [0.29, 0.717) is 0 Å². The quantitative estimate of drug-likeness (QED) is 0.590. The Labute approximate surface area is 101 Å². The monoisotopic (exact) mass is 220 g/mol. The van der Waals surface area contributed by atoms with E-state index in [2.05, 4.69) is 13.8 Å². The lowest BCUT2D eigenvalue weighted by Gasteiger charge is -2.55. The first kappa shape index (κ1) is 11.1. The summed E-state index contributed by atoms with van der Waals surface area (Å²) in [6, 6.07) is 0. The smallest absolute Gasteiger partial charge is 0.0324 e. The van der Waals surface area contributed by atoms with E-state index in [1.807, 2.05) is 0 Å². The second kappa shape index (κ2) is 4.35. The molecule has 3 rings (SSSR count). The van der Waals surface area contributed by atoms with Gasteiger partial charge < -0.3 is 0 Å². The van der Waals surface area contributed by atoms with E-state index in [1.54, 1.807) is 38.5 Å². The largest absolute Gasteiger partial charge is 0.0651 e.